The summed E-state index contributed by atoms with van der Waals surface area (Å²) in [7, 11) is 0. The summed E-state index contributed by atoms with van der Waals surface area (Å²) in [5.74, 6) is 0. The van der Waals surface area contributed by atoms with Crippen molar-refractivity contribution in [2.24, 2.45) is 5.73 Å². The number of hydrogen-bond acceptors (Lipinski definition) is 3. The Bertz CT molecular complexity index is 404. The van der Waals surface area contributed by atoms with Crippen LogP contribution in [-0.4, -0.2) is 15.4 Å². The fourth-order valence-corrected chi connectivity index (χ4v) is 2.68. The number of thiazole rings is 1. The smallest absolute Gasteiger partial charge is 0.193 e. The Morgan fingerprint density at radius 3 is 3.12 bits per heavy atom. The zero-order chi connectivity index (χ0) is 11.4. The Kier molecular flexibility index (Phi) is 3.96. The van der Waals surface area contributed by atoms with Crippen LogP contribution in [0.25, 0.3) is 4.96 Å². The molecule has 2 N–H and O–H groups in total. The molecule has 2 heterocycles. The highest BCUT2D eigenvalue weighted by Crippen LogP contribution is 2.13. The van der Waals surface area contributed by atoms with Crippen molar-refractivity contribution in [3.05, 3.63) is 23.5 Å². The predicted octanol–water partition coefficient (Wildman–Crippen LogP) is 2.85. The van der Waals surface area contributed by atoms with Gasteiger partial charge in [-0.1, -0.05) is 13.3 Å². The Labute approximate surface area is 100 Å². The predicted molar refractivity (Wildman–Crippen MR) is 68.9 cm³/mol. The second-order valence-electron chi connectivity index (χ2n) is 4.27. The number of rotatable bonds is 6. The lowest BCUT2D eigenvalue weighted by atomic mass is 10.1. The minimum Gasteiger partial charge on any atom is -0.328 e. The molecule has 3 nitrogen and oxygen atoms in total. The molecular formula is C12H19N3S. The number of fused-ring (bicyclic) bond motifs is 1. The summed E-state index contributed by atoms with van der Waals surface area (Å²) in [5, 5.41) is 2.06. The van der Waals surface area contributed by atoms with Gasteiger partial charge >= 0.3 is 0 Å². The molecular weight excluding hydrogens is 218 g/mol. The maximum Gasteiger partial charge on any atom is 0.193 e. The SMILES string of the molecule is CCCC(N)CCCc1cn2ccsc2n1. The topological polar surface area (TPSA) is 43.3 Å². The van der Waals surface area contributed by atoms with Gasteiger partial charge in [-0.05, 0) is 25.7 Å². The molecule has 0 saturated carbocycles. The summed E-state index contributed by atoms with van der Waals surface area (Å²) in [4.78, 5) is 5.65. The van der Waals surface area contributed by atoms with E-state index in [1.807, 2.05) is 0 Å². The van der Waals surface area contributed by atoms with Crippen LogP contribution in [0.1, 0.15) is 38.3 Å². The molecule has 1 unspecified atom stereocenters. The van der Waals surface area contributed by atoms with Gasteiger partial charge < -0.3 is 5.73 Å². The Balaban J connectivity index is 1.80. The van der Waals surface area contributed by atoms with Crippen molar-refractivity contribution in [1.82, 2.24) is 9.38 Å². The summed E-state index contributed by atoms with van der Waals surface area (Å²) in [6.45, 7) is 2.18. The second-order valence-corrected chi connectivity index (χ2v) is 5.14. The van der Waals surface area contributed by atoms with Crippen molar-refractivity contribution >= 4 is 16.3 Å². The van der Waals surface area contributed by atoms with Gasteiger partial charge in [-0.2, -0.15) is 0 Å². The van der Waals surface area contributed by atoms with Gasteiger partial charge in [0, 0.05) is 23.8 Å². The molecule has 0 aliphatic carbocycles. The van der Waals surface area contributed by atoms with E-state index in [1.54, 1.807) is 11.3 Å². The number of aryl methyl sites for hydroxylation is 1. The fourth-order valence-electron chi connectivity index (χ4n) is 1.96. The molecule has 0 aliphatic rings. The van der Waals surface area contributed by atoms with Crippen LogP contribution in [0, 0.1) is 0 Å². The number of imidazole rings is 1. The Hall–Kier alpha value is -0.870. The van der Waals surface area contributed by atoms with E-state index in [1.165, 1.54) is 12.1 Å². The van der Waals surface area contributed by atoms with Crippen LogP contribution in [0.15, 0.2) is 17.8 Å². The molecule has 0 radical (unpaired) electrons. The normalized spacial score (nSPS) is 13.4. The Morgan fingerprint density at radius 1 is 1.50 bits per heavy atom. The molecule has 0 fully saturated rings. The molecule has 4 heteroatoms. The van der Waals surface area contributed by atoms with Crippen molar-refractivity contribution in [2.45, 2.75) is 45.1 Å². The Morgan fingerprint density at radius 2 is 2.38 bits per heavy atom. The van der Waals surface area contributed by atoms with Crippen LogP contribution in [0.5, 0.6) is 0 Å². The third-order valence-corrected chi connectivity index (χ3v) is 3.58. The van der Waals surface area contributed by atoms with Gasteiger partial charge in [-0.25, -0.2) is 4.98 Å². The molecule has 1 atom stereocenters. The fraction of sp³-hybridized carbons (Fsp3) is 0.583. The van der Waals surface area contributed by atoms with Gasteiger partial charge in [0.25, 0.3) is 0 Å². The van der Waals surface area contributed by atoms with E-state index < -0.39 is 0 Å². The van der Waals surface area contributed by atoms with E-state index in [4.69, 9.17) is 5.73 Å². The highest BCUT2D eigenvalue weighted by atomic mass is 32.1. The first-order chi connectivity index (χ1) is 7.79. The quantitative estimate of drug-likeness (QED) is 0.839. The molecule has 2 aromatic rings. The third-order valence-electron chi connectivity index (χ3n) is 2.81. The van der Waals surface area contributed by atoms with E-state index in [9.17, 15) is 0 Å². The first-order valence-electron chi connectivity index (χ1n) is 5.96. The van der Waals surface area contributed by atoms with Crippen LogP contribution in [0.3, 0.4) is 0 Å². The summed E-state index contributed by atoms with van der Waals surface area (Å²) in [6.07, 6.45) is 9.80. The lowest BCUT2D eigenvalue weighted by Gasteiger charge is -2.08. The van der Waals surface area contributed by atoms with E-state index in [0.29, 0.717) is 6.04 Å². The van der Waals surface area contributed by atoms with E-state index in [0.717, 1.165) is 30.6 Å². The molecule has 2 rings (SSSR count). The molecule has 0 aromatic carbocycles. The summed E-state index contributed by atoms with van der Waals surface area (Å²) < 4.78 is 2.09. The van der Waals surface area contributed by atoms with Gasteiger partial charge in [0.1, 0.15) is 0 Å². The zero-order valence-electron chi connectivity index (χ0n) is 9.72. The van der Waals surface area contributed by atoms with Gasteiger partial charge in [-0.3, -0.25) is 4.40 Å². The molecule has 0 saturated heterocycles. The summed E-state index contributed by atoms with van der Waals surface area (Å²) in [6, 6.07) is 0.369. The first kappa shape index (κ1) is 11.6. The van der Waals surface area contributed by atoms with Crippen LogP contribution < -0.4 is 5.73 Å². The standard InChI is InChI=1S/C12H19N3S/c1-2-4-10(13)5-3-6-11-9-15-7-8-16-12(15)14-11/h7-10H,2-6,13H2,1H3. The average molecular weight is 237 g/mol. The number of hydrogen-bond donors (Lipinski definition) is 1. The molecule has 0 spiro atoms. The maximum absolute atomic E-state index is 5.98. The van der Waals surface area contributed by atoms with Crippen molar-refractivity contribution in [1.29, 1.82) is 0 Å². The number of nitrogens with zero attached hydrogens (tertiary/aromatic N) is 2. The van der Waals surface area contributed by atoms with E-state index in [-0.39, 0.29) is 0 Å². The largest absolute Gasteiger partial charge is 0.328 e. The zero-order valence-corrected chi connectivity index (χ0v) is 10.5. The molecule has 0 bridgehead atoms. The molecule has 88 valence electrons. The van der Waals surface area contributed by atoms with Crippen LogP contribution in [-0.2, 0) is 6.42 Å². The van der Waals surface area contributed by atoms with Gasteiger partial charge in [0.05, 0.1) is 5.69 Å². The van der Waals surface area contributed by atoms with Gasteiger partial charge in [0.15, 0.2) is 4.96 Å². The van der Waals surface area contributed by atoms with Crippen LogP contribution in [0.2, 0.25) is 0 Å². The monoisotopic (exact) mass is 237 g/mol. The number of aromatic nitrogens is 2. The van der Waals surface area contributed by atoms with Crippen LogP contribution >= 0.6 is 11.3 Å². The lowest BCUT2D eigenvalue weighted by Crippen LogP contribution is -2.19. The average Bonchev–Trinajstić information content (AvgIpc) is 2.78. The van der Waals surface area contributed by atoms with Crippen molar-refractivity contribution < 1.29 is 0 Å². The van der Waals surface area contributed by atoms with E-state index in [2.05, 4.69) is 34.1 Å². The van der Waals surface area contributed by atoms with Crippen molar-refractivity contribution in [3.8, 4) is 0 Å². The van der Waals surface area contributed by atoms with Crippen molar-refractivity contribution in [2.75, 3.05) is 0 Å². The highest BCUT2D eigenvalue weighted by Gasteiger charge is 2.04. The molecule has 0 amide bonds. The van der Waals surface area contributed by atoms with Crippen molar-refractivity contribution in [3.63, 3.8) is 0 Å². The van der Waals surface area contributed by atoms with Gasteiger partial charge in [0.2, 0.25) is 0 Å². The number of nitrogens with two attached hydrogens (primary N) is 1. The first-order valence-corrected chi connectivity index (χ1v) is 6.84. The third kappa shape index (κ3) is 2.83. The minimum atomic E-state index is 0.369. The van der Waals surface area contributed by atoms with Crippen LogP contribution in [0.4, 0.5) is 0 Å². The van der Waals surface area contributed by atoms with Gasteiger partial charge in [-0.15, -0.1) is 11.3 Å². The summed E-state index contributed by atoms with van der Waals surface area (Å²) in [5.41, 5.74) is 7.17. The second kappa shape index (κ2) is 5.46. The van der Waals surface area contributed by atoms with E-state index >= 15 is 0 Å². The minimum absolute atomic E-state index is 0.369. The highest BCUT2D eigenvalue weighted by molar-refractivity contribution is 7.15. The summed E-state index contributed by atoms with van der Waals surface area (Å²) >= 11 is 1.68. The molecule has 2 aromatic heterocycles. The lowest BCUT2D eigenvalue weighted by molar-refractivity contribution is 0.538. The molecule has 16 heavy (non-hydrogen) atoms. The maximum atomic E-state index is 5.98. The molecule has 0 aliphatic heterocycles.